The molecule has 1 aliphatic carbocycles. The first-order valence-corrected chi connectivity index (χ1v) is 5.17. The second-order valence-electron chi connectivity index (χ2n) is 4.13. The van der Waals surface area contributed by atoms with Crippen LogP contribution in [0.3, 0.4) is 0 Å². The molecule has 1 fully saturated rings. The molecule has 0 saturated heterocycles. The summed E-state index contributed by atoms with van der Waals surface area (Å²) in [6.45, 7) is 4.10. The van der Waals surface area contributed by atoms with Crippen LogP contribution in [-0.4, -0.2) is 30.0 Å². The molecule has 0 aromatic carbocycles. The average molecular weight is 183 g/mol. The largest absolute Gasteiger partial charge is 0.370 e. The maximum Gasteiger partial charge on any atom is 0.191 e. The second-order valence-corrected chi connectivity index (χ2v) is 4.13. The minimum Gasteiger partial charge on any atom is -0.370 e. The van der Waals surface area contributed by atoms with Crippen molar-refractivity contribution in [3.63, 3.8) is 0 Å². The number of guanidine groups is 1. The van der Waals surface area contributed by atoms with Crippen LogP contribution < -0.4 is 5.73 Å². The molecular formula is C10H21N3. The molecule has 2 N–H and O–H groups in total. The molecule has 0 bridgehead atoms. The van der Waals surface area contributed by atoms with Gasteiger partial charge in [-0.05, 0) is 26.7 Å². The summed E-state index contributed by atoms with van der Waals surface area (Å²) >= 11 is 0. The fourth-order valence-corrected chi connectivity index (χ4v) is 1.83. The van der Waals surface area contributed by atoms with E-state index in [4.69, 9.17) is 5.73 Å². The fraction of sp³-hybridized carbons (Fsp3) is 0.900. The van der Waals surface area contributed by atoms with Gasteiger partial charge in [0.15, 0.2) is 5.96 Å². The van der Waals surface area contributed by atoms with E-state index >= 15 is 0 Å². The molecule has 1 aliphatic rings. The van der Waals surface area contributed by atoms with Crippen LogP contribution in [0.4, 0.5) is 0 Å². The summed E-state index contributed by atoms with van der Waals surface area (Å²) in [5.74, 6) is 0.696. The zero-order chi connectivity index (χ0) is 9.84. The molecule has 0 aromatic heterocycles. The van der Waals surface area contributed by atoms with Gasteiger partial charge in [-0.3, -0.25) is 4.99 Å². The van der Waals surface area contributed by atoms with Gasteiger partial charge in [-0.25, -0.2) is 0 Å². The first-order chi connectivity index (χ1) is 6.11. The summed E-state index contributed by atoms with van der Waals surface area (Å²) in [6.07, 6.45) is 5.21. The number of hydrogen-bond acceptors (Lipinski definition) is 1. The standard InChI is InChI=1S/C10H21N3/c1-8(2)12-10(11)13(3)9-6-4-5-7-9/h8-9H,4-7H2,1-3H3,(H2,11,12). The van der Waals surface area contributed by atoms with Crippen molar-refractivity contribution in [2.24, 2.45) is 10.7 Å². The highest BCUT2D eigenvalue weighted by Gasteiger charge is 2.20. The van der Waals surface area contributed by atoms with E-state index in [9.17, 15) is 0 Å². The van der Waals surface area contributed by atoms with Gasteiger partial charge in [0.25, 0.3) is 0 Å². The van der Waals surface area contributed by atoms with Gasteiger partial charge in [0, 0.05) is 19.1 Å². The Labute approximate surface area is 81.0 Å². The zero-order valence-electron chi connectivity index (χ0n) is 8.95. The van der Waals surface area contributed by atoms with Crippen LogP contribution in [0.1, 0.15) is 39.5 Å². The molecule has 0 heterocycles. The van der Waals surface area contributed by atoms with Gasteiger partial charge in [-0.15, -0.1) is 0 Å². The molecule has 76 valence electrons. The SMILES string of the molecule is CC(C)N=C(N)N(C)C1CCCC1. The third-order valence-corrected chi connectivity index (χ3v) is 2.62. The van der Waals surface area contributed by atoms with Gasteiger partial charge in [-0.2, -0.15) is 0 Å². The Morgan fingerprint density at radius 3 is 2.38 bits per heavy atom. The van der Waals surface area contributed by atoms with Crippen LogP contribution in [-0.2, 0) is 0 Å². The summed E-state index contributed by atoms with van der Waals surface area (Å²) in [6, 6.07) is 0.923. The lowest BCUT2D eigenvalue weighted by Gasteiger charge is -2.25. The van der Waals surface area contributed by atoms with Crippen molar-refractivity contribution in [2.45, 2.75) is 51.6 Å². The van der Waals surface area contributed by atoms with E-state index in [-0.39, 0.29) is 0 Å². The smallest absolute Gasteiger partial charge is 0.191 e. The highest BCUT2D eigenvalue weighted by Crippen LogP contribution is 2.22. The molecular weight excluding hydrogens is 162 g/mol. The number of nitrogens with zero attached hydrogens (tertiary/aromatic N) is 2. The monoisotopic (exact) mass is 183 g/mol. The van der Waals surface area contributed by atoms with E-state index in [1.165, 1.54) is 25.7 Å². The van der Waals surface area contributed by atoms with Gasteiger partial charge >= 0.3 is 0 Å². The molecule has 3 heteroatoms. The molecule has 0 radical (unpaired) electrons. The van der Waals surface area contributed by atoms with Crippen LogP contribution in [0, 0.1) is 0 Å². The maximum absolute atomic E-state index is 5.87. The Balaban J connectivity index is 2.50. The lowest BCUT2D eigenvalue weighted by molar-refractivity contribution is 0.366. The van der Waals surface area contributed by atoms with Gasteiger partial charge in [0.1, 0.15) is 0 Å². The molecule has 0 aromatic rings. The number of hydrogen-bond donors (Lipinski definition) is 1. The van der Waals surface area contributed by atoms with E-state index in [0.29, 0.717) is 18.0 Å². The van der Waals surface area contributed by atoms with Gasteiger partial charge in [-0.1, -0.05) is 12.8 Å². The van der Waals surface area contributed by atoms with Crippen LogP contribution in [0.25, 0.3) is 0 Å². The molecule has 0 aliphatic heterocycles. The molecule has 1 rings (SSSR count). The highest BCUT2D eigenvalue weighted by molar-refractivity contribution is 5.78. The van der Waals surface area contributed by atoms with Crippen molar-refractivity contribution < 1.29 is 0 Å². The van der Waals surface area contributed by atoms with E-state index in [1.807, 2.05) is 0 Å². The van der Waals surface area contributed by atoms with E-state index in [0.717, 1.165) is 0 Å². The van der Waals surface area contributed by atoms with Crippen molar-refractivity contribution >= 4 is 5.96 Å². The highest BCUT2D eigenvalue weighted by atomic mass is 15.3. The third kappa shape index (κ3) is 2.90. The van der Waals surface area contributed by atoms with E-state index in [2.05, 4.69) is 30.8 Å². The normalized spacial score (nSPS) is 19.8. The van der Waals surface area contributed by atoms with Crippen molar-refractivity contribution in [2.75, 3.05) is 7.05 Å². The maximum atomic E-state index is 5.87. The van der Waals surface area contributed by atoms with Crippen LogP contribution >= 0.6 is 0 Å². The summed E-state index contributed by atoms with van der Waals surface area (Å²) in [4.78, 5) is 6.47. The van der Waals surface area contributed by atoms with Crippen molar-refractivity contribution in [1.82, 2.24) is 4.90 Å². The molecule has 0 spiro atoms. The van der Waals surface area contributed by atoms with Crippen LogP contribution in [0.15, 0.2) is 4.99 Å². The molecule has 3 nitrogen and oxygen atoms in total. The average Bonchev–Trinajstić information content (AvgIpc) is 2.53. The predicted molar refractivity (Wildman–Crippen MR) is 56.8 cm³/mol. The number of aliphatic imine (C=N–C) groups is 1. The topological polar surface area (TPSA) is 41.6 Å². The van der Waals surface area contributed by atoms with Crippen LogP contribution in [0.5, 0.6) is 0 Å². The van der Waals surface area contributed by atoms with Crippen molar-refractivity contribution in [3.05, 3.63) is 0 Å². The van der Waals surface area contributed by atoms with Crippen LogP contribution in [0.2, 0.25) is 0 Å². The summed E-state index contributed by atoms with van der Waals surface area (Å²) in [5.41, 5.74) is 5.87. The second kappa shape index (κ2) is 4.49. The zero-order valence-corrected chi connectivity index (χ0v) is 8.95. The van der Waals surface area contributed by atoms with Gasteiger partial charge in [0.2, 0.25) is 0 Å². The van der Waals surface area contributed by atoms with E-state index < -0.39 is 0 Å². The third-order valence-electron chi connectivity index (χ3n) is 2.62. The van der Waals surface area contributed by atoms with E-state index in [1.54, 1.807) is 0 Å². The first-order valence-electron chi connectivity index (χ1n) is 5.17. The van der Waals surface area contributed by atoms with Gasteiger partial charge in [0.05, 0.1) is 0 Å². The lowest BCUT2D eigenvalue weighted by Crippen LogP contribution is -2.41. The number of nitrogens with two attached hydrogens (primary N) is 1. The molecule has 1 saturated carbocycles. The Hall–Kier alpha value is -0.730. The minimum atomic E-state index is 0.295. The fourth-order valence-electron chi connectivity index (χ4n) is 1.83. The first kappa shape index (κ1) is 10.4. The number of rotatable bonds is 2. The van der Waals surface area contributed by atoms with Crippen molar-refractivity contribution in [1.29, 1.82) is 0 Å². The molecule has 0 atom stereocenters. The quantitative estimate of drug-likeness (QED) is 0.521. The van der Waals surface area contributed by atoms with Crippen molar-refractivity contribution in [3.8, 4) is 0 Å². The summed E-state index contributed by atoms with van der Waals surface area (Å²) in [5, 5.41) is 0. The Morgan fingerprint density at radius 1 is 1.38 bits per heavy atom. The summed E-state index contributed by atoms with van der Waals surface area (Å²) < 4.78 is 0. The molecule has 0 unspecified atom stereocenters. The Morgan fingerprint density at radius 2 is 1.92 bits per heavy atom. The minimum absolute atomic E-state index is 0.295. The summed E-state index contributed by atoms with van der Waals surface area (Å²) in [7, 11) is 2.05. The lowest BCUT2D eigenvalue weighted by atomic mass is 10.2. The Bertz CT molecular complexity index is 181. The predicted octanol–water partition coefficient (Wildman–Crippen LogP) is 1.58. The molecule has 13 heavy (non-hydrogen) atoms. The Kier molecular flexibility index (Phi) is 3.58. The molecule has 0 amide bonds. The van der Waals surface area contributed by atoms with Gasteiger partial charge < -0.3 is 10.6 Å².